The number of rotatable bonds is 3. The Morgan fingerprint density at radius 3 is 1.95 bits per heavy atom. The topological polar surface area (TPSA) is 35.5 Å². The van der Waals surface area contributed by atoms with Gasteiger partial charge in [-0.1, -0.05) is 53.7 Å². The van der Waals surface area contributed by atoms with Crippen LogP contribution in [0.15, 0.2) is 24.3 Å². The maximum absolute atomic E-state index is 11.7. The summed E-state index contributed by atoms with van der Waals surface area (Å²) in [6.07, 6.45) is 0. The fraction of sp³-hybridized carbons (Fsp3) is 0.500. The number of hydrogen-bond donors (Lipinski definition) is 0. The first-order valence-corrected chi connectivity index (χ1v) is 6.42. The van der Waals surface area contributed by atoms with Crippen LogP contribution in [0.3, 0.4) is 0 Å². The van der Waals surface area contributed by atoms with Crippen molar-refractivity contribution in [2.75, 3.05) is 0 Å². The molecule has 0 amide bonds. The molecule has 0 fully saturated rings. The Kier molecular flexibility index (Phi) is 4.75. The third-order valence-electron chi connectivity index (χ3n) is 2.51. The maximum Gasteiger partial charge on any atom is 0.373 e. The smallest absolute Gasteiger partial charge is 0.292 e. The molecule has 1 radical (unpaired) electrons. The molecule has 0 saturated carbocycles. The van der Waals surface area contributed by atoms with Crippen LogP contribution in [0, 0.1) is 12.0 Å². The predicted octanol–water partition coefficient (Wildman–Crippen LogP) is 4.28. The van der Waals surface area contributed by atoms with E-state index in [0.29, 0.717) is 5.56 Å². The second kappa shape index (κ2) is 5.74. The average Bonchev–Trinajstić information content (AvgIpc) is 2.26. The van der Waals surface area contributed by atoms with Gasteiger partial charge in [0, 0.05) is 0 Å². The highest BCUT2D eigenvalue weighted by molar-refractivity contribution is 5.88. The van der Waals surface area contributed by atoms with Gasteiger partial charge in [-0.05, 0) is 28.5 Å². The van der Waals surface area contributed by atoms with Crippen molar-refractivity contribution in [1.82, 2.24) is 0 Å². The van der Waals surface area contributed by atoms with Gasteiger partial charge in [-0.25, -0.2) is 4.79 Å². The second-order valence-electron chi connectivity index (χ2n) is 6.78. The van der Waals surface area contributed by atoms with E-state index in [2.05, 4.69) is 20.8 Å². The van der Waals surface area contributed by atoms with E-state index >= 15 is 0 Å². The Labute approximate surface area is 115 Å². The lowest BCUT2D eigenvalue weighted by atomic mass is 9.87. The standard InChI is InChI=1S/C16H23O3/c1-15(2,3)11-18-19-14(17)12-7-9-13(10-8-12)16(4,5)6/h7-11H,1-6H3. The Bertz CT molecular complexity index is 419. The lowest BCUT2D eigenvalue weighted by Gasteiger charge is -2.19. The van der Waals surface area contributed by atoms with Crippen LogP contribution < -0.4 is 0 Å². The van der Waals surface area contributed by atoms with Gasteiger partial charge >= 0.3 is 5.97 Å². The van der Waals surface area contributed by atoms with E-state index < -0.39 is 5.97 Å². The highest BCUT2D eigenvalue weighted by Crippen LogP contribution is 2.22. The summed E-state index contributed by atoms with van der Waals surface area (Å²) in [6.45, 7) is 13.7. The van der Waals surface area contributed by atoms with Gasteiger partial charge < -0.3 is 0 Å². The zero-order chi connectivity index (χ0) is 14.7. The van der Waals surface area contributed by atoms with Crippen molar-refractivity contribution in [2.45, 2.75) is 47.0 Å². The van der Waals surface area contributed by atoms with Crippen molar-refractivity contribution in [3.63, 3.8) is 0 Å². The molecule has 1 rings (SSSR count). The summed E-state index contributed by atoms with van der Waals surface area (Å²) >= 11 is 0. The number of benzene rings is 1. The van der Waals surface area contributed by atoms with Crippen LogP contribution in [0.25, 0.3) is 0 Å². The molecule has 1 aromatic rings. The van der Waals surface area contributed by atoms with E-state index in [0.717, 1.165) is 0 Å². The molecule has 0 aliphatic rings. The number of hydrogen-bond acceptors (Lipinski definition) is 3. The first kappa shape index (κ1) is 15.7. The van der Waals surface area contributed by atoms with E-state index in [4.69, 9.17) is 9.78 Å². The Hall–Kier alpha value is -1.35. The van der Waals surface area contributed by atoms with Crippen molar-refractivity contribution in [3.8, 4) is 0 Å². The number of carbonyl (C=O) groups excluding carboxylic acids is 1. The molecule has 19 heavy (non-hydrogen) atoms. The zero-order valence-corrected chi connectivity index (χ0v) is 12.6. The van der Waals surface area contributed by atoms with Crippen molar-refractivity contribution < 1.29 is 14.6 Å². The quantitative estimate of drug-likeness (QED) is 0.603. The summed E-state index contributed by atoms with van der Waals surface area (Å²) in [5.41, 5.74) is 1.57. The molecule has 0 aliphatic carbocycles. The van der Waals surface area contributed by atoms with Crippen LogP contribution in [0.4, 0.5) is 0 Å². The van der Waals surface area contributed by atoms with Crippen LogP contribution in [-0.2, 0) is 15.2 Å². The molecule has 0 aliphatic heterocycles. The van der Waals surface area contributed by atoms with Crippen LogP contribution in [-0.4, -0.2) is 5.97 Å². The minimum absolute atomic E-state index is 0.0684. The molecule has 0 spiro atoms. The third kappa shape index (κ3) is 5.43. The first-order valence-electron chi connectivity index (χ1n) is 6.42. The SMILES string of the molecule is CC(C)(C)[CH]OOC(=O)c1ccc(C(C)(C)C)cc1. The molecule has 0 N–H and O–H groups in total. The lowest BCUT2D eigenvalue weighted by Crippen LogP contribution is -2.13. The van der Waals surface area contributed by atoms with E-state index in [9.17, 15) is 4.79 Å². The minimum atomic E-state index is -0.485. The van der Waals surface area contributed by atoms with Crippen molar-refractivity contribution in [2.24, 2.45) is 5.41 Å². The molecule has 0 aromatic heterocycles. The van der Waals surface area contributed by atoms with Gasteiger partial charge in [-0.3, -0.25) is 4.89 Å². The molecule has 0 unspecified atom stereocenters. The molecule has 0 bridgehead atoms. The van der Waals surface area contributed by atoms with Gasteiger partial charge in [0.05, 0.1) is 5.56 Å². The number of carbonyl (C=O) groups is 1. The van der Waals surface area contributed by atoms with Crippen LogP contribution in [0.5, 0.6) is 0 Å². The summed E-state index contributed by atoms with van der Waals surface area (Å²) in [5, 5.41) is 0. The average molecular weight is 263 g/mol. The summed E-state index contributed by atoms with van der Waals surface area (Å²) in [6, 6.07) is 7.38. The summed E-state index contributed by atoms with van der Waals surface area (Å²) in [4.78, 5) is 21.3. The highest BCUT2D eigenvalue weighted by Gasteiger charge is 2.17. The zero-order valence-electron chi connectivity index (χ0n) is 12.6. The van der Waals surface area contributed by atoms with E-state index in [1.165, 1.54) is 12.2 Å². The molecule has 0 saturated heterocycles. The van der Waals surface area contributed by atoms with Gasteiger partial charge in [0.25, 0.3) is 0 Å². The van der Waals surface area contributed by atoms with Crippen molar-refractivity contribution >= 4 is 5.97 Å². The first-order chi connectivity index (χ1) is 8.59. The Balaban J connectivity index is 2.59. The predicted molar refractivity (Wildman–Crippen MR) is 75.4 cm³/mol. The normalized spacial score (nSPS) is 12.3. The van der Waals surface area contributed by atoms with Gasteiger partial charge in [0.2, 0.25) is 0 Å². The molecular weight excluding hydrogens is 240 g/mol. The van der Waals surface area contributed by atoms with Gasteiger partial charge in [-0.15, -0.1) is 0 Å². The van der Waals surface area contributed by atoms with Gasteiger partial charge in [0.1, 0.15) is 6.61 Å². The summed E-state index contributed by atoms with van der Waals surface area (Å²) < 4.78 is 0. The molecule has 1 aromatic carbocycles. The third-order valence-corrected chi connectivity index (χ3v) is 2.51. The Morgan fingerprint density at radius 2 is 1.53 bits per heavy atom. The van der Waals surface area contributed by atoms with Gasteiger partial charge in [0.15, 0.2) is 0 Å². The fourth-order valence-electron chi connectivity index (χ4n) is 1.37. The monoisotopic (exact) mass is 263 g/mol. The largest absolute Gasteiger partial charge is 0.373 e. The maximum atomic E-state index is 11.7. The minimum Gasteiger partial charge on any atom is -0.292 e. The summed E-state index contributed by atoms with van der Waals surface area (Å²) in [7, 11) is 0. The van der Waals surface area contributed by atoms with Crippen molar-refractivity contribution in [1.29, 1.82) is 0 Å². The van der Waals surface area contributed by atoms with Crippen LogP contribution >= 0.6 is 0 Å². The molecule has 0 heterocycles. The van der Waals surface area contributed by atoms with Crippen molar-refractivity contribution in [3.05, 3.63) is 42.0 Å². The van der Waals surface area contributed by atoms with Crippen LogP contribution in [0.2, 0.25) is 0 Å². The molecular formula is C16H23O3. The molecule has 3 heteroatoms. The molecule has 3 nitrogen and oxygen atoms in total. The van der Waals surface area contributed by atoms with Crippen LogP contribution in [0.1, 0.15) is 57.5 Å². The second-order valence-corrected chi connectivity index (χ2v) is 6.78. The molecule has 0 atom stereocenters. The highest BCUT2D eigenvalue weighted by atomic mass is 17.2. The Morgan fingerprint density at radius 1 is 1.00 bits per heavy atom. The lowest BCUT2D eigenvalue weighted by molar-refractivity contribution is -0.224. The van der Waals surface area contributed by atoms with E-state index in [-0.39, 0.29) is 10.8 Å². The summed E-state index contributed by atoms with van der Waals surface area (Å²) in [5.74, 6) is -0.485. The van der Waals surface area contributed by atoms with E-state index in [1.807, 2.05) is 32.9 Å². The molecule has 105 valence electrons. The fourth-order valence-corrected chi connectivity index (χ4v) is 1.37. The van der Waals surface area contributed by atoms with Gasteiger partial charge in [-0.2, -0.15) is 4.89 Å². The van der Waals surface area contributed by atoms with E-state index in [1.54, 1.807) is 12.1 Å².